The van der Waals surface area contributed by atoms with E-state index in [0.29, 0.717) is 6.54 Å². The van der Waals surface area contributed by atoms with Crippen molar-refractivity contribution < 1.29 is 8.78 Å². The summed E-state index contributed by atoms with van der Waals surface area (Å²) in [5.74, 6) is -1.04. The molecule has 0 aromatic carbocycles. The summed E-state index contributed by atoms with van der Waals surface area (Å²) < 4.78 is 27.4. The van der Waals surface area contributed by atoms with Crippen molar-refractivity contribution in [1.29, 1.82) is 0 Å². The minimum Gasteiger partial charge on any atom is -0.368 e. The highest BCUT2D eigenvalue weighted by atomic mass is 19.1. The van der Waals surface area contributed by atoms with E-state index in [2.05, 4.69) is 29.5 Å². The third-order valence-electron chi connectivity index (χ3n) is 3.82. The number of halogens is 2. The largest absolute Gasteiger partial charge is 0.368 e. The van der Waals surface area contributed by atoms with Crippen molar-refractivity contribution in [3.8, 4) is 0 Å². The van der Waals surface area contributed by atoms with Gasteiger partial charge in [0.2, 0.25) is 0 Å². The lowest BCUT2D eigenvalue weighted by atomic mass is 9.75. The molecule has 20 heavy (non-hydrogen) atoms. The Kier molecular flexibility index (Phi) is 4.45. The molecule has 0 bridgehead atoms. The topological polar surface area (TPSA) is 37.0 Å². The van der Waals surface area contributed by atoms with Gasteiger partial charge in [0.05, 0.1) is 0 Å². The van der Waals surface area contributed by atoms with Gasteiger partial charge in [-0.1, -0.05) is 20.3 Å². The second-order valence-electron chi connectivity index (χ2n) is 6.28. The summed E-state index contributed by atoms with van der Waals surface area (Å²) in [7, 11) is 0. The minimum atomic E-state index is -0.654. The van der Waals surface area contributed by atoms with Gasteiger partial charge in [0.1, 0.15) is 0 Å². The van der Waals surface area contributed by atoms with Crippen molar-refractivity contribution in [3.63, 3.8) is 0 Å². The molecule has 1 aromatic rings. The average Bonchev–Trinajstić information content (AvgIpc) is 2.34. The van der Waals surface area contributed by atoms with Crippen LogP contribution in [0.2, 0.25) is 0 Å². The number of hydrogen-bond acceptors (Lipinski definition) is 3. The zero-order valence-electron chi connectivity index (χ0n) is 12.4. The molecule has 0 aliphatic heterocycles. The van der Waals surface area contributed by atoms with Crippen LogP contribution in [-0.4, -0.2) is 17.6 Å². The molecule has 1 aliphatic rings. The molecule has 0 saturated heterocycles. The normalized spacial score (nSPS) is 21.6. The maximum Gasteiger partial charge on any atom is 0.168 e. The molecular formula is C15H23F2N3. The highest BCUT2D eigenvalue weighted by Gasteiger charge is 2.28. The van der Waals surface area contributed by atoms with Crippen molar-refractivity contribution in [3.05, 3.63) is 17.7 Å². The number of rotatable bonds is 4. The maximum atomic E-state index is 13.8. The van der Waals surface area contributed by atoms with Crippen LogP contribution in [0.25, 0.3) is 0 Å². The minimum absolute atomic E-state index is 0.103. The molecule has 0 radical (unpaired) electrons. The predicted octanol–water partition coefficient (Wildman–Crippen LogP) is 4.17. The Morgan fingerprint density at radius 2 is 2.00 bits per heavy atom. The standard InChI is InChI=1S/C15H23F2N3/c1-4-18-13-11(16)8-12(17)14(20-13)19-10-6-5-7-15(2,3)9-10/h8,10H,4-7,9H2,1-3H3,(H2,18,19,20). The molecule has 0 amide bonds. The van der Waals surface area contributed by atoms with Crippen LogP contribution in [0.3, 0.4) is 0 Å². The number of pyridine rings is 1. The number of hydrogen-bond donors (Lipinski definition) is 2. The zero-order valence-corrected chi connectivity index (χ0v) is 12.4. The Hall–Kier alpha value is -1.39. The van der Waals surface area contributed by atoms with Gasteiger partial charge in [-0.3, -0.25) is 0 Å². The Bertz CT molecular complexity index is 474. The van der Waals surface area contributed by atoms with Crippen molar-refractivity contribution in [2.75, 3.05) is 17.2 Å². The highest BCUT2D eigenvalue weighted by Crippen LogP contribution is 2.36. The van der Waals surface area contributed by atoms with Crippen LogP contribution >= 0.6 is 0 Å². The van der Waals surface area contributed by atoms with Crippen LogP contribution in [0.15, 0.2) is 6.07 Å². The summed E-state index contributed by atoms with van der Waals surface area (Å²) in [6, 6.07) is 1.09. The SMILES string of the molecule is CCNc1nc(NC2CCCC(C)(C)C2)c(F)cc1F. The number of aromatic nitrogens is 1. The molecule has 2 N–H and O–H groups in total. The van der Waals surface area contributed by atoms with E-state index >= 15 is 0 Å². The van der Waals surface area contributed by atoms with E-state index < -0.39 is 11.6 Å². The molecule has 1 saturated carbocycles. The smallest absolute Gasteiger partial charge is 0.168 e. The van der Waals surface area contributed by atoms with E-state index in [9.17, 15) is 8.78 Å². The van der Waals surface area contributed by atoms with Gasteiger partial charge in [-0.05, 0) is 31.6 Å². The van der Waals surface area contributed by atoms with Gasteiger partial charge in [-0.2, -0.15) is 0 Å². The van der Waals surface area contributed by atoms with Gasteiger partial charge >= 0.3 is 0 Å². The number of anilines is 2. The Balaban J connectivity index is 2.14. The maximum absolute atomic E-state index is 13.8. The molecule has 1 atom stereocenters. The second-order valence-corrected chi connectivity index (χ2v) is 6.28. The van der Waals surface area contributed by atoms with E-state index in [4.69, 9.17) is 0 Å². The van der Waals surface area contributed by atoms with Gasteiger partial charge in [0, 0.05) is 18.7 Å². The van der Waals surface area contributed by atoms with Crippen LogP contribution in [-0.2, 0) is 0 Å². The first-order valence-electron chi connectivity index (χ1n) is 7.28. The molecule has 3 nitrogen and oxygen atoms in total. The van der Waals surface area contributed by atoms with Crippen LogP contribution in [0.1, 0.15) is 46.5 Å². The average molecular weight is 283 g/mol. The molecule has 2 rings (SSSR count). The van der Waals surface area contributed by atoms with Gasteiger partial charge in [0.15, 0.2) is 23.3 Å². The van der Waals surface area contributed by atoms with Crippen molar-refractivity contribution in [2.45, 2.75) is 52.5 Å². The Labute approximate surface area is 119 Å². The zero-order chi connectivity index (χ0) is 14.8. The molecule has 0 spiro atoms. The van der Waals surface area contributed by atoms with E-state index in [1.54, 1.807) is 0 Å². The molecule has 1 heterocycles. The molecule has 1 aromatic heterocycles. The molecule has 1 aliphatic carbocycles. The van der Waals surface area contributed by atoms with Crippen LogP contribution in [0, 0.1) is 17.0 Å². The van der Waals surface area contributed by atoms with Crippen molar-refractivity contribution in [1.82, 2.24) is 4.98 Å². The van der Waals surface area contributed by atoms with Crippen molar-refractivity contribution in [2.24, 2.45) is 5.41 Å². The Morgan fingerprint density at radius 3 is 2.65 bits per heavy atom. The second kappa shape index (κ2) is 5.94. The van der Waals surface area contributed by atoms with Gasteiger partial charge in [-0.15, -0.1) is 0 Å². The van der Waals surface area contributed by atoms with Gasteiger partial charge in [-0.25, -0.2) is 13.8 Å². The van der Waals surface area contributed by atoms with E-state index in [1.165, 1.54) is 6.42 Å². The first kappa shape index (κ1) is 15.0. The van der Waals surface area contributed by atoms with E-state index in [0.717, 1.165) is 25.3 Å². The molecule has 1 unspecified atom stereocenters. The number of nitrogens with one attached hydrogen (secondary N) is 2. The fourth-order valence-corrected chi connectivity index (χ4v) is 2.87. The summed E-state index contributed by atoms with van der Waals surface area (Å²) in [6.07, 6.45) is 4.28. The number of nitrogens with zero attached hydrogens (tertiary/aromatic N) is 1. The summed E-state index contributed by atoms with van der Waals surface area (Å²) >= 11 is 0. The van der Waals surface area contributed by atoms with Gasteiger partial charge in [0.25, 0.3) is 0 Å². The predicted molar refractivity (Wildman–Crippen MR) is 78.0 cm³/mol. The fourth-order valence-electron chi connectivity index (χ4n) is 2.87. The molecule has 112 valence electrons. The van der Waals surface area contributed by atoms with E-state index in [-0.39, 0.29) is 23.1 Å². The quantitative estimate of drug-likeness (QED) is 0.870. The summed E-state index contributed by atoms with van der Waals surface area (Å²) in [4.78, 5) is 4.03. The summed E-state index contributed by atoms with van der Waals surface area (Å²) in [6.45, 7) is 6.84. The van der Waals surface area contributed by atoms with Crippen molar-refractivity contribution >= 4 is 11.6 Å². The monoisotopic (exact) mass is 283 g/mol. The van der Waals surface area contributed by atoms with Crippen LogP contribution in [0.5, 0.6) is 0 Å². The summed E-state index contributed by atoms with van der Waals surface area (Å²) in [5.41, 5.74) is 0.261. The van der Waals surface area contributed by atoms with Crippen LogP contribution < -0.4 is 10.6 Å². The molecule has 5 heteroatoms. The third-order valence-corrected chi connectivity index (χ3v) is 3.82. The third kappa shape index (κ3) is 3.58. The lowest BCUT2D eigenvalue weighted by Gasteiger charge is -2.35. The van der Waals surface area contributed by atoms with Gasteiger partial charge < -0.3 is 10.6 Å². The van der Waals surface area contributed by atoms with Crippen LogP contribution in [0.4, 0.5) is 20.4 Å². The highest BCUT2D eigenvalue weighted by molar-refractivity contribution is 5.48. The molecule has 1 fully saturated rings. The fraction of sp³-hybridized carbons (Fsp3) is 0.667. The lowest BCUT2D eigenvalue weighted by Crippen LogP contribution is -2.32. The lowest BCUT2D eigenvalue weighted by molar-refractivity contribution is 0.229. The Morgan fingerprint density at radius 1 is 1.30 bits per heavy atom. The molecular weight excluding hydrogens is 260 g/mol. The van der Waals surface area contributed by atoms with E-state index in [1.807, 2.05) is 6.92 Å². The first-order chi connectivity index (χ1) is 9.41. The first-order valence-corrected chi connectivity index (χ1v) is 7.28. The summed E-state index contributed by atoms with van der Waals surface area (Å²) in [5, 5.41) is 5.94.